The number of primary amides is 1. The number of hydrogen-bond acceptors (Lipinski definition) is 3. The van der Waals surface area contributed by atoms with Gasteiger partial charge in [0.25, 0.3) is 0 Å². The predicted octanol–water partition coefficient (Wildman–Crippen LogP) is 0.233. The van der Waals surface area contributed by atoms with Crippen LogP contribution in [0.1, 0.15) is 11.6 Å². The van der Waals surface area contributed by atoms with E-state index in [1.54, 1.807) is 6.07 Å². The van der Waals surface area contributed by atoms with Crippen LogP contribution in [0.2, 0.25) is 0 Å². The van der Waals surface area contributed by atoms with Crippen molar-refractivity contribution in [3.8, 4) is 0 Å². The van der Waals surface area contributed by atoms with Crippen molar-refractivity contribution in [2.24, 2.45) is 11.5 Å². The summed E-state index contributed by atoms with van der Waals surface area (Å²) in [6.07, 6.45) is 0. The molecule has 4 heteroatoms. The Balaban J connectivity index is 2.77. The van der Waals surface area contributed by atoms with Gasteiger partial charge < -0.3 is 11.5 Å². The van der Waals surface area contributed by atoms with Gasteiger partial charge in [-0.15, -0.1) is 0 Å². The zero-order valence-electron chi connectivity index (χ0n) is 5.28. The SMILES string of the molecule is NC(=O)[C@@H](N)c1ccsc1. The fourth-order valence-corrected chi connectivity index (χ4v) is 1.31. The van der Waals surface area contributed by atoms with Gasteiger partial charge in [-0.1, -0.05) is 0 Å². The second kappa shape index (κ2) is 2.81. The Hall–Kier alpha value is -0.870. The quantitative estimate of drug-likeness (QED) is 0.643. The van der Waals surface area contributed by atoms with E-state index in [1.165, 1.54) is 11.3 Å². The largest absolute Gasteiger partial charge is 0.368 e. The van der Waals surface area contributed by atoms with Gasteiger partial charge in [0, 0.05) is 0 Å². The number of carbonyl (C=O) groups is 1. The minimum atomic E-state index is -0.647. The molecule has 0 spiro atoms. The van der Waals surface area contributed by atoms with Crippen LogP contribution in [0.5, 0.6) is 0 Å². The van der Waals surface area contributed by atoms with Crippen LogP contribution < -0.4 is 11.5 Å². The molecule has 1 heterocycles. The van der Waals surface area contributed by atoms with Crippen molar-refractivity contribution in [1.29, 1.82) is 0 Å². The van der Waals surface area contributed by atoms with Gasteiger partial charge in [-0.3, -0.25) is 4.79 Å². The topological polar surface area (TPSA) is 69.1 Å². The number of nitrogens with two attached hydrogens (primary N) is 2. The highest BCUT2D eigenvalue weighted by molar-refractivity contribution is 7.08. The maximum atomic E-state index is 10.5. The lowest BCUT2D eigenvalue weighted by Gasteiger charge is -2.02. The molecule has 1 atom stereocenters. The molecule has 0 bridgehead atoms. The summed E-state index contributed by atoms with van der Waals surface area (Å²) < 4.78 is 0. The molecule has 4 N–H and O–H groups in total. The number of amides is 1. The number of hydrogen-bond donors (Lipinski definition) is 2. The lowest BCUT2D eigenvalue weighted by Crippen LogP contribution is -2.27. The van der Waals surface area contributed by atoms with Crippen LogP contribution in [-0.4, -0.2) is 5.91 Å². The summed E-state index contributed by atoms with van der Waals surface area (Å²) in [4.78, 5) is 10.5. The average molecular weight is 156 g/mol. The Labute approximate surface area is 62.6 Å². The van der Waals surface area contributed by atoms with Gasteiger partial charge in [-0.05, 0) is 22.4 Å². The van der Waals surface area contributed by atoms with Gasteiger partial charge in [0.05, 0.1) is 0 Å². The molecule has 0 aliphatic rings. The molecule has 0 aliphatic carbocycles. The van der Waals surface area contributed by atoms with Crippen LogP contribution in [0.25, 0.3) is 0 Å². The second-order valence-corrected chi connectivity index (χ2v) is 2.72. The van der Waals surface area contributed by atoms with E-state index in [2.05, 4.69) is 0 Å². The third-order valence-corrected chi connectivity index (χ3v) is 1.91. The van der Waals surface area contributed by atoms with Crippen molar-refractivity contribution in [2.75, 3.05) is 0 Å². The Morgan fingerprint density at radius 1 is 1.70 bits per heavy atom. The van der Waals surface area contributed by atoms with E-state index in [0.717, 1.165) is 5.56 Å². The summed E-state index contributed by atoms with van der Waals surface area (Å²) in [6, 6.07) is 1.14. The molecule has 1 aromatic heterocycles. The molecule has 1 aromatic rings. The molecular formula is C6H8N2OS. The lowest BCUT2D eigenvalue weighted by atomic mass is 10.2. The van der Waals surface area contributed by atoms with Crippen molar-refractivity contribution in [1.82, 2.24) is 0 Å². The zero-order chi connectivity index (χ0) is 7.56. The maximum absolute atomic E-state index is 10.5. The van der Waals surface area contributed by atoms with E-state index in [1.807, 2.05) is 10.8 Å². The van der Waals surface area contributed by atoms with Gasteiger partial charge in [0.15, 0.2) is 0 Å². The fraction of sp³-hybridized carbons (Fsp3) is 0.167. The first-order valence-corrected chi connectivity index (χ1v) is 3.73. The summed E-state index contributed by atoms with van der Waals surface area (Å²) in [5.74, 6) is -0.488. The molecule has 0 saturated carbocycles. The molecule has 0 saturated heterocycles. The molecule has 54 valence electrons. The number of carbonyl (C=O) groups excluding carboxylic acids is 1. The first-order valence-electron chi connectivity index (χ1n) is 2.79. The van der Waals surface area contributed by atoms with E-state index in [9.17, 15) is 4.79 Å². The van der Waals surface area contributed by atoms with Crippen LogP contribution >= 0.6 is 11.3 Å². The molecular weight excluding hydrogens is 148 g/mol. The monoisotopic (exact) mass is 156 g/mol. The maximum Gasteiger partial charge on any atom is 0.238 e. The van der Waals surface area contributed by atoms with Crippen molar-refractivity contribution < 1.29 is 4.79 Å². The molecule has 1 rings (SSSR count). The molecule has 0 aliphatic heterocycles. The van der Waals surface area contributed by atoms with E-state index >= 15 is 0 Å². The smallest absolute Gasteiger partial charge is 0.238 e. The highest BCUT2D eigenvalue weighted by Crippen LogP contribution is 2.12. The third-order valence-electron chi connectivity index (χ3n) is 1.21. The minimum Gasteiger partial charge on any atom is -0.368 e. The van der Waals surface area contributed by atoms with Gasteiger partial charge in [-0.2, -0.15) is 11.3 Å². The van der Waals surface area contributed by atoms with E-state index < -0.39 is 11.9 Å². The summed E-state index contributed by atoms with van der Waals surface area (Å²) >= 11 is 1.50. The van der Waals surface area contributed by atoms with E-state index in [-0.39, 0.29) is 0 Å². The molecule has 0 fully saturated rings. The predicted molar refractivity (Wildman–Crippen MR) is 40.4 cm³/mol. The summed E-state index contributed by atoms with van der Waals surface area (Å²) in [5, 5.41) is 3.67. The Kier molecular flexibility index (Phi) is 2.03. The van der Waals surface area contributed by atoms with E-state index in [4.69, 9.17) is 11.5 Å². The van der Waals surface area contributed by atoms with Crippen molar-refractivity contribution in [2.45, 2.75) is 6.04 Å². The molecule has 3 nitrogen and oxygen atoms in total. The lowest BCUT2D eigenvalue weighted by molar-refractivity contribution is -0.119. The highest BCUT2D eigenvalue weighted by Gasteiger charge is 2.10. The Morgan fingerprint density at radius 3 is 2.80 bits per heavy atom. The molecule has 0 unspecified atom stereocenters. The molecule has 0 radical (unpaired) electrons. The molecule has 1 amide bonds. The van der Waals surface area contributed by atoms with Gasteiger partial charge in [0.1, 0.15) is 6.04 Å². The standard InChI is InChI=1S/C6H8N2OS/c7-5(6(8)9)4-1-2-10-3-4/h1-3,5H,7H2,(H2,8,9)/t5-/m0/s1. The Bertz CT molecular complexity index is 220. The zero-order valence-corrected chi connectivity index (χ0v) is 6.10. The fourth-order valence-electron chi connectivity index (χ4n) is 0.616. The van der Waals surface area contributed by atoms with Crippen LogP contribution in [0.4, 0.5) is 0 Å². The number of thiophene rings is 1. The number of rotatable bonds is 2. The second-order valence-electron chi connectivity index (χ2n) is 1.94. The first-order chi connectivity index (χ1) is 4.72. The summed E-state index contributed by atoms with van der Waals surface area (Å²) in [6.45, 7) is 0. The summed E-state index contributed by atoms with van der Waals surface area (Å²) in [7, 11) is 0. The van der Waals surface area contributed by atoms with Gasteiger partial charge in [0.2, 0.25) is 5.91 Å². The first kappa shape index (κ1) is 7.24. The van der Waals surface area contributed by atoms with Gasteiger partial charge in [-0.25, -0.2) is 0 Å². The van der Waals surface area contributed by atoms with Crippen molar-refractivity contribution in [3.05, 3.63) is 22.4 Å². The van der Waals surface area contributed by atoms with Crippen LogP contribution in [0.15, 0.2) is 16.8 Å². The Morgan fingerprint density at radius 2 is 2.40 bits per heavy atom. The van der Waals surface area contributed by atoms with E-state index in [0.29, 0.717) is 0 Å². The van der Waals surface area contributed by atoms with Crippen LogP contribution in [0.3, 0.4) is 0 Å². The molecule has 0 aromatic carbocycles. The average Bonchev–Trinajstić information content (AvgIpc) is 2.36. The molecule has 10 heavy (non-hydrogen) atoms. The normalized spacial score (nSPS) is 12.9. The van der Waals surface area contributed by atoms with Crippen molar-refractivity contribution >= 4 is 17.2 Å². The van der Waals surface area contributed by atoms with Crippen LogP contribution in [-0.2, 0) is 4.79 Å². The van der Waals surface area contributed by atoms with Crippen molar-refractivity contribution in [3.63, 3.8) is 0 Å². The van der Waals surface area contributed by atoms with Crippen LogP contribution in [0, 0.1) is 0 Å². The highest BCUT2D eigenvalue weighted by atomic mass is 32.1. The third kappa shape index (κ3) is 1.34. The summed E-state index contributed by atoms with van der Waals surface area (Å²) in [5.41, 5.74) is 11.2. The van der Waals surface area contributed by atoms with Gasteiger partial charge >= 0.3 is 0 Å². The minimum absolute atomic E-state index is 0.488.